The maximum atomic E-state index is 13.7. The molecule has 1 heterocycles. The normalized spacial score (nSPS) is 15.2. The molecule has 21 heavy (non-hydrogen) atoms. The summed E-state index contributed by atoms with van der Waals surface area (Å²) in [5.41, 5.74) is 3.84. The van der Waals surface area contributed by atoms with Crippen molar-refractivity contribution in [1.82, 2.24) is 0 Å². The molecular formula is C17H15BrFNO. The quantitative estimate of drug-likeness (QED) is 0.819. The van der Waals surface area contributed by atoms with Gasteiger partial charge in [-0.05, 0) is 41.7 Å². The molecule has 1 aliphatic rings. The molecular weight excluding hydrogens is 333 g/mol. The van der Waals surface area contributed by atoms with Crippen LogP contribution in [0.5, 0.6) is 0 Å². The predicted octanol–water partition coefficient (Wildman–Crippen LogP) is 4.39. The number of hydrogen-bond acceptors (Lipinski definition) is 1. The Morgan fingerprint density at radius 3 is 2.81 bits per heavy atom. The molecule has 1 amide bonds. The van der Waals surface area contributed by atoms with Gasteiger partial charge in [0.1, 0.15) is 5.82 Å². The Hall–Kier alpha value is -1.68. The highest BCUT2D eigenvalue weighted by atomic mass is 79.9. The van der Waals surface area contributed by atoms with Crippen molar-refractivity contribution >= 4 is 27.5 Å². The third-order valence-electron chi connectivity index (χ3n) is 3.74. The van der Waals surface area contributed by atoms with E-state index >= 15 is 0 Å². The zero-order valence-electron chi connectivity index (χ0n) is 11.4. The first-order valence-corrected chi connectivity index (χ1v) is 7.85. The van der Waals surface area contributed by atoms with Crippen molar-refractivity contribution in [3.8, 4) is 0 Å². The number of aryl methyl sites for hydroxylation is 1. The number of halogens is 2. The van der Waals surface area contributed by atoms with Gasteiger partial charge in [-0.2, -0.15) is 0 Å². The molecule has 0 aromatic heterocycles. The van der Waals surface area contributed by atoms with Crippen LogP contribution >= 0.6 is 15.9 Å². The van der Waals surface area contributed by atoms with Gasteiger partial charge < -0.3 is 5.32 Å². The number of fused-ring (bicyclic) bond motifs is 1. The molecule has 0 saturated heterocycles. The standard InChI is InChI=1S/C17H15BrFNO/c18-14(10-12-3-1-2-4-15(12)19)11-5-7-16-13(9-11)6-8-17(21)20-16/h1-5,7,9,14H,6,8,10H2,(H,20,21). The molecule has 0 fully saturated rings. The van der Waals surface area contributed by atoms with Crippen molar-refractivity contribution in [2.24, 2.45) is 0 Å². The van der Waals surface area contributed by atoms with E-state index in [0.717, 1.165) is 23.2 Å². The van der Waals surface area contributed by atoms with E-state index in [1.54, 1.807) is 6.07 Å². The lowest BCUT2D eigenvalue weighted by atomic mass is 9.97. The number of alkyl halides is 1. The number of hydrogen-bond donors (Lipinski definition) is 1. The van der Waals surface area contributed by atoms with E-state index < -0.39 is 0 Å². The van der Waals surface area contributed by atoms with Crippen LogP contribution in [-0.4, -0.2) is 5.91 Å². The number of carbonyl (C=O) groups excluding carboxylic acids is 1. The zero-order valence-corrected chi connectivity index (χ0v) is 13.0. The first-order valence-electron chi connectivity index (χ1n) is 6.93. The van der Waals surface area contributed by atoms with Gasteiger partial charge in [0.05, 0.1) is 0 Å². The molecule has 0 spiro atoms. The molecule has 1 atom stereocenters. The maximum Gasteiger partial charge on any atom is 0.224 e. The lowest BCUT2D eigenvalue weighted by Crippen LogP contribution is -2.19. The van der Waals surface area contributed by atoms with Crippen LogP contribution in [0, 0.1) is 5.82 Å². The van der Waals surface area contributed by atoms with Crippen LogP contribution in [0.1, 0.15) is 27.9 Å². The highest BCUT2D eigenvalue weighted by Gasteiger charge is 2.17. The summed E-state index contributed by atoms with van der Waals surface area (Å²) >= 11 is 3.64. The van der Waals surface area contributed by atoms with E-state index in [0.29, 0.717) is 18.4 Å². The van der Waals surface area contributed by atoms with Gasteiger partial charge >= 0.3 is 0 Å². The van der Waals surface area contributed by atoms with Gasteiger partial charge in [0, 0.05) is 16.9 Å². The Balaban J connectivity index is 1.81. The molecule has 2 aromatic carbocycles. The van der Waals surface area contributed by atoms with E-state index in [-0.39, 0.29) is 16.6 Å². The van der Waals surface area contributed by atoms with Crippen molar-refractivity contribution in [3.63, 3.8) is 0 Å². The highest BCUT2D eigenvalue weighted by molar-refractivity contribution is 9.09. The van der Waals surface area contributed by atoms with Gasteiger partial charge in [0.25, 0.3) is 0 Å². The molecule has 2 aromatic rings. The van der Waals surface area contributed by atoms with Crippen LogP contribution in [0.25, 0.3) is 0 Å². The molecule has 1 unspecified atom stereocenters. The molecule has 1 aliphatic heterocycles. The van der Waals surface area contributed by atoms with E-state index in [1.165, 1.54) is 6.07 Å². The average Bonchev–Trinajstić information content (AvgIpc) is 2.49. The molecule has 0 bridgehead atoms. The summed E-state index contributed by atoms with van der Waals surface area (Å²) in [6, 6.07) is 12.8. The van der Waals surface area contributed by atoms with Crippen LogP contribution < -0.4 is 5.32 Å². The van der Waals surface area contributed by atoms with Gasteiger partial charge in [-0.15, -0.1) is 0 Å². The molecule has 2 nitrogen and oxygen atoms in total. The van der Waals surface area contributed by atoms with Gasteiger partial charge in [0.2, 0.25) is 5.91 Å². The van der Waals surface area contributed by atoms with Gasteiger partial charge in [-0.1, -0.05) is 46.3 Å². The van der Waals surface area contributed by atoms with Crippen LogP contribution in [0.2, 0.25) is 0 Å². The molecule has 0 saturated carbocycles. The summed E-state index contributed by atoms with van der Waals surface area (Å²) in [4.78, 5) is 11.4. The minimum Gasteiger partial charge on any atom is -0.326 e. The number of rotatable bonds is 3. The third kappa shape index (κ3) is 3.16. The summed E-state index contributed by atoms with van der Waals surface area (Å²) in [5.74, 6) is -0.107. The minimum absolute atomic E-state index is 0.0531. The molecule has 3 rings (SSSR count). The van der Waals surface area contributed by atoms with Crippen LogP contribution in [-0.2, 0) is 17.6 Å². The fourth-order valence-electron chi connectivity index (χ4n) is 2.57. The first kappa shape index (κ1) is 14.3. The lowest BCUT2D eigenvalue weighted by molar-refractivity contribution is -0.116. The Morgan fingerprint density at radius 2 is 2.00 bits per heavy atom. The van der Waals surface area contributed by atoms with Gasteiger partial charge in [-0.25, -0.2) is 4.39 Å². The number of amides is 1. The monoisotopic (exact) mass is 347 g/mol. The summed E-state index contributed by atoms with van der Waals surface area (Å²) in [6.45, 7) is 0. The predicted molar refractivity (Wildman–Crippen MR) is 85.2 cm³/mol. The topological polar surface area (TPSA) is 29.1 Å². The summed E-state index contributed by atoms with van der Waals surface area (Å²) in [5, 5.41) is 2.87. The second-order valence-electron chi connectivity index (χ2n) is 5.23. The second-order valence-corrected chi connectivity index (χ2v) is 6.33. The number of carbonyl (C=O) groups is 1. The molecule has 4 heteroatoms. The summed E-state index contributed by atoms with van der Waals surface area (Å²) in [6.07, 6.45) is 1.88. The number of nitrogens with one attached hydrogen (secondary N) is 1. The Kier molecular flexibility index (Phi) is 4.06. The zero-order chi connectivity index (χ0) is 14.8. The number of benzene rings is 2. The van der Waals surface area contributed by atoms with E-state index in [1.807, 2.05) is 24.3 Å². The molecule has 0 aliphatic carbocycles. The van der Waals surface area contributed by atoms with E-state index in [4.69, 9.17) is 0 Å². The van der Waals surface area contributed by atoms with Crippen molar-refractivity contribution in [2.45, 2.75) is 24.1 Å². The average molecular weight is 348 g/mol. The second kappa shape index (κ2) is 5.98. The smallest absolute Gasteiger partial charge is 0.224 e. The van der Waals surface area contributed by atoms with E-state index in [2.05, 4.69) is 27.3 Å². The first-order chi connectivity index (χ1) is 10.1. The van der Waals surface area contributed by atoms with E-state index in [9.17, 15) is 9.18 Å². The van der Waals surface area contributed by atoms with Gasteiger partial charge in [-0.3, -0.25) is 4.79 Å². The van der Waals surface area contributed by atoms with Crippen molar-refractivity contribution in [3.05, 3.63) is 65.0 Å². The van der Waals surface area contributed by atoms with Crippen LogP contribution in [0.4, 0.5) is 10.1 Å². The van der Waals surface area contributed by atoms with Gasteiger partial charge in [0.15, 0.2) is 0 Å². The molecule has 0 radical (unpaired) electrons. The SMILES string of the molecule is O=C1CCc2cc(C(Br)Cc3ccccc3F)ccc2N1. The summed E-state index contributed by atoms with van der Waals surface area (Å²) in [7, 11) is 0. The highest BCUT2D eigenvalue weighted by Crippen LogP contribution is 2.32. The maximum absolute atomic E-state index is 13.7. The minimum atomic E-state index is -0.174. The Bertz CT molecular complexity index is 686. The fraction of sp³-hybridized carbons (Fsp3) is 0.235. The summed E-state index contributed by atoms with van der Waals surface area (Å²) < 4.78 is 13.7. The third-order valence-corrected chi connectivity index (χ3v) is 4.60. The molecule has 108 valence electrons. The number of anilines is 1. The van der Waals surface area contributed by atoms with Crippen LogP contribution in [0.3, 0.4) is 0 Å². The largest absolute Gasteiger partial charge is 0.326 e. The van der Waals surface area contributed by atoms with Crippen molar-refractivity contribution < 1.29 is 9.18 Å². The fourth-order valence-corrected chi connectivity index (χ4v) is 3.21. The Morgan fingerprint density at radius 1 is 1.19 bits per heavy atom. The van der Waals surface area contributed by atoms with Crippen molar-refractivity contribution in [2.75, 3.05) is 5.32 Å². The lowest BCUT2D eigenvalue weighted by Gasteiger charge is -2.19. The molecule has 1 N–H and O–H groups in total. The van der Waals surface area contributed by atoms with Crippen LogP contribution in [0.15, 0.2) is 42.5 Å². The Labute approximate surface area is 131 Å². The van der Waals surface area contributed by atoms with Crippen molar-refractivity contribution in [1.29, 1.82) is 0 Å².